The van der Waals surface area contributed by atoms with Gasteiger partial charge in [-0.05, 0) is 23.8 Å². The van der Waals surface area contributed by atoms with E-state index in [4.69, 9.17) is 24.7 Å². The quantitative estimate of drug-likeness (QED) is 0.619. The maximum Gasteiger partial charge on any atom is 0.316 e. The van der Waals surface area contributed by atoms with E-state index in [2.05, 4.69) is 5.32 Å². The van der Waals surface area contributed by atoms with Crippen LogP contribution in [0.5, 0.6) is 23.0 Å². The van der Waals surface area contributed by atoms with Crippen LogP contribution in [0.15, 0.2) is 35.7 Å². The number of urea groups is 1. The van der Waals surface area contributed by atoms with Gasteiger partial charge in [0, 0.05) is 17.5 Å². The van der Waals surface area contributed by atoms with Crippen LogP contribution in [0.4, 0.5) is 10.5 Å². The SMILES string of the molecule is COc1cc(OC)c(/C=C\S(=O)(=O)Cc2ccc(OC)c(NC(N)=O)c2)c(OC)c1. The Labute approximate surface area is 175 Å². The Bertz CT molecular complexity index is 1020. The summed E-state index contributed by atoms with van der Waals surface area (Å²) in [5.41, 5.74) is 6.32. The van der Waals surface area contributed by atoms with Crippen LogP contribution < -0.4 is 30.0 Å². The second-order valence-electron chi connectivity index (χ2n) is 6.08. The third-order valence-corrected chi connectivity index (χ3v) is 5.37. The number of rotatable bonds is 9. The molecule has 0 fully saturated rings. The smallest absolute Gasteiger partial charge is 0.316 e. The Morgan fingerprint density at radius 3 is 2.07 bits per heavy atom. The van der Waals surface area contributed by atoms with E-state index in [-0.39, 0.29) is 11.4 Å². The molecule has 2 rings (SSSR count). The first-order chi connectivity index (χ1) is 14.2. The first kappa shape index (κ1) is 22.9. The number of hydrogen-bond donors (Lipinski definition) is 2. The molecule has 0 aliphatic carbocycles. The van der Waals surface area contributed by atoms with Crippen LogP contribution in [0.25, 0.3) is 6.08 Å². The number of hydrogen-bond acceptors (Lipinski definition) is 7. The number of anilines is 1. The van der Waals surface area contributed by atoms with Crippen molar-refractivity contribution in [3.8, 4) is 23.0 Å². The summed E-state index contributed by atoms with van der Waals surface area (Å²) in [4.78, 5) is 11.2. The third kappa shape index (κ3) is 5.80. The Morgan fingerprint density at radius 2 is 1.57 bits per heavy atom. The van der Waals surface area contributed by atoms with Gasteiger partial charge in [-0.15, -0.1) is 0 Å². The first-order valence-corrected chi connectivity index (χ1v) is 10.4. The van der Waals surface area contributed by atoms with Gasteiger partial charge in [0.25, 0.3) is 0 Å². The summed E-state index contributed by atoms with van der Waals surface area (Å²) in [5.74, 6) is 1.36. The summed E-state index contributed by atoms with van der Waals surface area (Å²) in [6.07, 6.45) is 1.40. The van der Waals surface area contributed by atoms with Gasteiger partial charge in [0.1, 0.15) is 23.0 Å². The van der Waals surface area contributed by atoms with Crippen molar-refractivity contribution in [1.29, 1.82) is 0 Å². The zero-order chi connectivity index (χ0) is 22.3. The van der Waals surface area contributed by atoms with E-state index in [0.29, 0.717) is 34.1 Å². The molecule has 10 heteroatoms. The fourth-order valence-corrected chi connectivity index (χ4v) is 3.81. The normalized spacial score (nSPS) is 11.2. The van der Waals surface area contributed by atoms with E-state index in [1.807, 2.05) is 0 Å². The van der Waals surface area contributed by atoms with E-state index in [1.54, 1.807) is 24.3 Å². The molecule has 0 saturated heterocycles. The molecule has 0 bridgehead atoms. The lowest BCUT2D eigenvalue weighted by Gasteiger charge is -2.12. The first-order valence-electron chi connectivity index (χ1n) is 8.67. The molecule has 0 aliphatic heterocycles. The van der Waals surface area contributed by atoms with E-state index in [9.17, 15) is 13.2 Å². The van der Waals surface area contributed by atoms with Gasteiger partial charge >= 0.3 is 6.03 Å². The van der Waals surface area contributed by atoms with Crippen LogP contribution in [0.3, 0.4) is 0 Å². The molecule has 0 radical (unpaired) electrons. The monoisotopic (exact) mass is 436 g/mol. The predicted molar refractivity (Wildman–Crippen MR) is 114 cm³/mol. The molecule has 3 N–H and O–H groups in total. The van der Waals surface area contributed by atoms with Crippen LogP contribution in [0.2, 0.25) is 0 Å². The highest BCUT2D eigenvalue weighted by Crippen LogP contribution is 2.35. The molecule has 9 nitrogen and oxygen atoms in total. The van der Waals surface area contributed by atoms with Crippen molar-refractivity contribution < 1.29 is 32.2 Å². The Kier molecular flexibility index (Phi) is 7.54. The van der Waals surface area contributed by atoms with Crippen molar-refractivity contribution in [2.45, 2.75) is 5.75 Å². The van der Waals surface area contributed by atoms with Crippen molar-refractivity contribution >= 4 is 27.6 Å². The highest BCUT2D eigenvalue weighted by molar-refractivity contribution is 7.93. The second-order valence-corrected chi connectivity index (χ2v) is 7.97. The lowest BCUT2D eigenvalue weighted by molar-refractivity contribution is 0.259. The summed E-state index contributed by atoms with van der Waals surface area (Å²) in [6, 6.07) is 7.09. The molecule has 2 aromatic rings. The highest BCUT2D eigenvalue weighted by Gasteiger charge is 2.15. The molecule has 2 aromatic carbocycles. The molecule has 0 spiro atoms. The van der Waals surface area contributed by atoms with Crippen LogP contribution in [0.1, 0.15) is 11.1 Å². The zero-order valence-corrected chi connectivity index (χ0v) is 17.9. The zero-order valence-electron chi connectivity index (χ0n) is 17.1. The van der Waals surface area contributed by atoms with E-state index >= 15 is 0 Å². The third-order valence-electron chi connectivity index (χ3n) is 4.08. The standard InChI is InChI=1S/C20H24N2O7S/c1-26-14-10-18(28-3)15(19(11-14)29-4)7-8-30(24,25)12-13-5-6-17(27-2)16(9-13)22-20(21)23/h5-11H,12H2,1-4H3,(H3,21,22,23)/b8-7-. The lowest BCUT2D eigenvalue weighted by atomic mass is 10.1. The fraction of sp³-hybridized carbons (Fsp3) is 0.250. The Morgan fingerprint density at radius 1 is 0.967 bits per heavy atom. The number of carbonyl (C=O) groups is 1. The number of primary amides is 1. The fourth-order valence-electron chi connectivity index (χ4n) is 2.72. The Hall–Kier alpha value is -3.40. The number of nitrogens with one attached hydrogen (secondary N) is 1. The number of amides is 2. The number of ether oxygens (including phenoxy) is 4. The van der Waals surface area contributed by atoms with Gasteiger partial charge in [-0.3, -0.25) is 0 Å². The summed E-state index contributed by atoms with van der Waals surface area (Å²) >= 11 is 0. The molecule has 0 unspecified atom stereocenters. The maximum absolute atomic E-state index is 12.6. The van der Waals surface area contributed by atoms with Crippen LogP contribution in [0, 0.1) is 0 Å². The summed E-state index contributed by atoms with van der Waals surface area (Å²) < 4.78 is 46.3. The number of nitrogens with two attached hydrogens (primary N) is 1. The minimum atomic E-state index is -3.67. The average Bonchev–Trinajstić information content (AvgIpc) is 2.71. The van der Waals surface area contributed by atoms with Gasteiger partial charge < -0.3 is 30.0 Å². The highest BCUT2D eigenvalue weighted by atomic mass is 32.2. The molecule has 0 atom stereocenters. The van der Waals surface area contributed by atoms with E-state index < -0.39 is 15.9 Å². The number of carbonyl (C=O) groups excluding carboxylic acids is 1. The number of methoxy groups -OCH3 is 4. The van der Waals surface area contributed by atoms with Crippen LogP contribution in [-0.2, 0) is 15.6 Å². The van der Waals surface area contributed by atoms with Crippen LogP contribution >= 0.6 is 0 Å². The van der Waals surface area contributed by atoms with E-state index in [0.717, 1.165) is 5.41 Å². The van der Waals surface area contributed by atoms with Crippen LogP contribution in [-0.4, -0.2) is 42.9 Å². The number of sulfone groups is 1. The van der Waals surface area contributed by atoms with E-state index in [1.165, 1.54) is 40.6 Å². The van der Waals surface area contributed by atoms with Crippen molar-refractivity contribution in [3.63, 3.8) is 0 Å². The summed E-state index contributed by atoms with van der Waals surface area (Å²) in [5, 5.41) is 3.48. The average molecular weight is 436 g/mol. The predicted octanol–water partition coefficient (Wildman–Crippen LogP) is 2.80. The molecular weight excluding hydrogens is 412 g/mol. The molecular formula is C20H24N2O7S. The molecule has 0 aromatic heterocycles. The molecule has 162 valence electrons. The van der Waals surface area contributed by atoms with Gasteiger partial charge in [-0.2, -0.15) is 0 Å². The van der Waals surface area contributed by atoms with Gasteiger partial charge in [-0.25, -0.2) is 13.2 Å². The topological polar surface area (TPSA) is 126 Å². The molecule has 0 heterocycles. The lowest BCUT2D eigenvalue weighted by Crippen LogP contribution is -2.19. The molecule has 0 saturated carbocycles. The summed E-state index contributed by atoms with van der Waals surface area (Å²) in [7, 11) is 2.19. The maximum atomic E-state index is 12.6. The van der Waals surface area contributed by atoms with Crippen molar-refractivity contribution in [2.24, 2.45) is 5.73 Å². The molecule has 30 heavy (non-hydrogen) atoms. The van der Waals surface area contributed by atoms with Gasteiger partial charge in [0.2, 0.25) is 0 Å². The summed E-state index contributed by atoms with van der Waals surface area (Å²) in [6.45, 7) is 0. The van der Waals surface area contributed by atoms with Crippen molar-refractivity contribution in [2.75, 3.05) is 33.8 Å². The Balaban J connectivity index is 2.34. The van der Waals surface area contributed by atoms with Gasteiger partial charge in [-0.1, -0.05) is 6.07 Å². The minimum absolute atomic E-state index is 0.278. The van der Waals surface area contributed by atoms with Crippen molar-refractivity contribution in [3.05, 3.63) is 46.9 Å². The van der Waals surface area contributed by atoms with Gasteiger partial charge in [0.05, 0.1) is 45.4 Å². The second kappa shape index (κ2) is 9.88. The minimum Gasteiger partial charge on any atom is -0.496 e. The molecule has 0 aliphatic rings. The largest absolute Gasteiger partial charge is 0.496 e. The van der Waals surface area contributed by atoms with Crippen molar-refractivity contribution in [1.82, 2.24) is 0 Å². The number of benzene rings is 2. The molecule has 2 amide bonds. The van der Waals surface area contributed by atoms with Gasteiger partial charge in [0.15, 0.2) is 9.84 Å².